The standard InChI is InChI=1S/C15H17BrN2O/c1-15(2,10-16)18(3)14(19)12-6-4-8-13-11(12)7-5-9-17-13/h4-9H,10H2,1-3H3. The lowest BCUT2D eigenvalue weighted by Crippen LogP contribution is -2.46. The highest BCUT2D eigenvalue weighted by Crippen LogP contribution is 2.22. The number of rotatable bonds is 3. The van der Waals surface area contributed by atoms with Crippen LogP contribution in [0.25, 0.3) is 10.9 Å². The number of hydrogen-bond acceptors (Lipinski definition) is 2. The molecule has 0 N–H and O–H groups in total. The lowest BCUT2D eigenvalue weighted by Gasteiger charge is -2.34. The van der Waals surface area contributed by atoms with Crippen molar-refractivity contribution in [2.45, 2.75) is 19.4 Å². The van der Waals surface area contributed by atoms with E-state index in [1.807, 2.05) is 51.2 Å². The van der Waals surface area contributed by atoms with Crippen LogP contribution in [0.3, 0.4) is 0 Å². The van der Waals surface area contributed by atoms with E-state index in [1.165, 1.54) is 0 Å². The van der Waals surface area contributed by atoms with Crippen LogP contribution in [0.2, 0.25) is 0 Å². The van der Waals surface area contributed by atoms with Crippen molar-refractivity contribution < 1.29 is 4.79 Å². The molecule has 4 heteroatoms. The molecule has 3 nitrogen and oxygen atoms in total. The van der Waals surface area contributed by atoms with Crippen molar-refractivity contribution in [2.24, 2.45) is 0 Å². The highest BCUT2D eigenvalue weighted by atomic mass is 79.9. The van der Waals surface area contributed by atoms with Crippen LogP contribution in [0.5, 0.6) is 0 Å². The minimum atomic E-state index is -0.235. The molecule has 0 atom stereocenters. The molecule has 0 saturated heterocycles. The first kappa shape index (κ1) is 14.0. The van der Waals surface area contributed by atoms with Gasteiger partial charge in [-0.05, 0) is 32.0 Å². The Morgan fingerprint density at radius 1 is 1.32 bits per heavy atom. The van der Waals surface area contributed by atoms with E-state index in [9.17, 15) is 4.79 Å². The summed E-state index contributed by atoms with van der Waals surface area (Å²) in [6.07, 6.45) is 1.74. The number of hydrogen-bond donors (Lipinski definition) is 0. The fraction of sp³-hybridized carbons (Fsp3) is 0.333. The molecular weight excluding hydrogens is 304 g/mol. The number of aromatic nitrogens is 1. The second kappa shape index (κ2) is 5.29. The van der Waals surface area contributed by atoms with Crippen LogP contribution in [0.4, 0.5) is 0 Å². The number of benzene rings is 1. The van der Waals surface area contributed by atoms with E-state index < -0.39 is 0 Å². The summed E-state index contributed by atoms with van der Waals surface area (Å²) in [5.41, 5.74) is 1.31. The maximum atomic E-state index is 12.6. The second-order valence-corrected chi connectivity index (χ2v) is 5.75. The molecule has 0 fully saturated rings. The van der Waals surface area contributed by atoms with Crippen molar-refractivity contribution >= 4 is 32.7 Å². The third kappa shape index (κ3) is 2.63. The first-order valence-electron chi connectivity index (χ1n) is 6.15. The van der Waals surface area contributed by atoms with Crippen LogP contribution in [0.1, 0.15) is 24.2 Å². The van der Waals surface area contributed by atoms with Crippen LogP contribution in [0, 0.1) is 0 Å². The van der Waals surface area contributed by atoms with E-state index in [2.05, 4.69) is 20.9 Å². The zero-order valence-electron chi connectivity index (χ0n) is 11.4. The first-order chi connectivity index (χ1) is 8.97. The molecule has 0 unspecified atom stereocenters. The molecule has 1 amide bonds. The van der Waals surface area contributed by atoms with Gasteiger partial charge < -0.3 is 4.90 Å². The van der Waals surface area contributed by atoms with Gasteiger partial charge in [-0.2, -0.15) is 0 Å². The van der Waals surface area contributed by atoms with Gasteiger partial charge >= 0.3 is 0 Å². The summed E-state index contributed by atoms with van der Waals surface area (Å²) in [4.78, 5) is 18.7. The molecule has 1 heterocycles. The Kier molecular flexibility index (Phi) is 3.90. The van der Waals surface area contributed by atoms with Crippen molar-refractivity contribution in [2.75, 3.05) is 12.4 Å². The molecule has 1 aromatic heterocycles. The molecule has 0 radical (unpaired) electrons. The fourth-order valence-electron chi connectivity index (χ4n) is 1.84. The summed E-state index contributed by atoms with van der Waals surface area (Å²) < 4.78 is 0. The largest absolute Gasteiger partial charge is 0.336 e. The SMILES string of the molecule is CN(C(=O)c1cccc2ncccc12)C(C)(C)CBr. The Balaban J connectivity index is 2.48. The Morgan fingerprint density at radius 2 is 2.05 bits per heavy atom. The maximum absolute atomic E-state index is 12.6. The van der Waals surface area contributed by atoms with Crippen LogP contribution in [-0.2, 0) is 0 Å². The average Bonchev–Trinajstić information content (AvgIpc) is 2.45. The van der Waals surface area contributed by atoms with Gasteiger partial charge in [0.2, 0.25) is 0 Å². The van der Waals surface area contributed by atoms with Gasteiger partial charge in [0.1, 0.15) is 0 Å². The van der Waals surface area contributed by atoms with Gasteiger partial charge in [0.15, 0.2) is 0 Å². The smallest absolute Gasteiger partial charge is 0.254 e. The van der Waals surface area contributed by atoms with Gasteiger partial charge in [0, 0.05) is 35.1 Å². The summed E-state index contributed by atoms with van der Waals surface area (Å²) in [5.74, 6) is 0.0167. The Hall–Kier alpha value is -1.42. The minimum absolute atomic E-state index is 0.0167. The molecule has 2 aromatic rings. The molecule has 0 bridgehead atoms. The van der Waals surface area contributed by atoms with E-state index in [1.54, 1.807) is 11.1 Å². The normalized spacial score (nSPS) is 11.6. The fourth-order valence-corrected chi connectivity index (χ4v) is 2.21. The monoisotopic (exact) mass is 320 g/mol. The zero-order chi connectivity index (χ0) is 14.0. The Labute approximate surface area is 121 Å². The number of halogens is 1. The molecule has 100 valence electrons. The van der Waals surface area contributed by atoms with Crippen LogP contribution >= 0.6 is 15.9 Å². The number of amides is 1. The van der Waals surface area contributed by atoms with Crippen molar-refractivity contribution in [3.8, 4) is 0 Å². The van der Waals surface area contributed by atoms with Crippen molar-refractivity contribution in [1.82, 2.24) is 9.88 Å². The van der Waals surface area contributed by atoms with Crippen LogP contribution in [0.15, 0.2) is 36.5 Å². The van der Waals surface area contributed by atoms with E-state index in [0.29, 0.717) is 5.56 Å². The average molecular weight is 321 g/mol. The van der Waals surface area contributed by atoms with E-state index in [-0.39, 0.29) is 11.4 Å². The van der Waals surface area contributed by atoms with Gasteiger partial charge in [-0.1, -0.05) is 28.1 Å². The topological polar surface area (TPSA) is 33.2 Å². The highest BCUT2D eigenvalue weighted by Gasteiger charge is 2.27. The number of alkyl halides is 1. The highest BCUT2D eigenvalue weighted by molar-refractivity contribution is 9.09. The number of carbonyl (C=O) groups is 1. The third-order valence-corrected chi connectivity index (χ3v) is 4.79. The molecule has 0 spiro atoms. The number of carbonyl (C=O) groups excluding carboxylic acids is 1. The van der Waals surface area contributed by atoms with Crippen LogP contribution < -0.4 is 0 Å². The van der Waals surface area contributed by atoms with Crippen molar-refractivity contribution in [1.29, 1.82) is 0 Å². The molecule has 0 aliphatic rings. The molecule has 0 saturated carbocycles. The van der Waals surface area contributed by atoms with Gasteiger partial charge in [-0.3, -0.25) is 9.78 Å². The summed E-state index contributed by atoms with van der Waals surface area (Å²) in [6, 6.07) is 9.44. The molecule has 1 aromatic carbocycles. The van der Waals surface area contributed by atoms with Gasteiger partial charge in [0.05, 0.1) is 5.52 Å². The quantitative estimate of drug-likeness (QED) is 0.811. The van der Waals surface area contributed by atoms with Crippen molar-refractivity contribution in [3.63, 3.8) is 0 Å². The molecule has 0 aliphatic heterocycles. The number of nitrogens with zero attached hydrogens (tertiary/aromatic N) is 2. The predicted molar refractivity (Wildman–Crippen MR) is 81.7 cm³/mol. The third-order valence-electron chi connectivity index (χ3n) is 3.42. The van der Waals surface area contributed by atoms with Crippen molar-refractivity contribution in [3.05, 3.63) is 42.1 Å². The maximum Gasteiger partial charge on any atom is 0.254 e. The summed E-state index contributed by atoms with van der Waals surface area (Å²) >= 11 is 3.46. The number of fused-ring (bicyclic) bond motifs is 1. The Morgan fingerprint density at radius 3 is 2.74 bits per heavy atom. The van der Waals surface area contributed by atoms with Gasteiger partial charge in [-0.25, -0.2) is 0 Å². The van der Waals surface area contributed by atoms with Crippen LogP contribution in [-0.4, -0.2) is 33.7 Å². The van der Waals surface area contributed by atoms with Gasteiger partial charge in [0.25, 0.3) is 5.91 Å². The molecule has 19 heavy (non-hydrogen) atoms. The lowest BCUT2D eigenvalue weighted by atomic mass is 10.0. The molecule has 0 aliphatic carbocycles. The summed E-state index contributed by atoms with van der Waals surface area (Å²) in [6.45, 7) is 4.06. The summed E-state index contributed by atoms with van der Waals surface area (Å²) in [7, 11) is 1.83. The van der Waals surface area contributed by atoms with Gasteiger partial charge in [-0.15, -0.1) is 0 Å². The second-order valence-electron chi connectivity index (χ2n) is 5.19. The lowest BCUT2D eigenvalue weighted by molar-refractivity contribution is 0.0665. The van der Waals surface area contributed by atoms with E-state index in [0.717, 1.165) is 16.2 Å². The van der Waals surface area contributed by atoms with E-state index >= 15 is 0 Å². The predicted octanol–water partition coefficient (Wildman–Crippen LogP) is 3.48. The zero-order valence-corrected chi connectivity index (χ0v) is 12.9. The summed E-state index contributed by atoms with van der Waals surface area (Å²) in [5, 5.41) is 1.62. The Bertz CT molecular complexity index is 605. The van der Waals surface area contributed by atoms with E-state index in [4.69, 9.17) is 0 Å². The minimum Gasteiger partial charge on any atom is -0.336 e. The molecular formula is C15H17BrN2O. The number of pyridine rings is 1. The first-order valence-corrected chi connectivity index (χ1v) is 7.27. The molecule has 2 rings (SSSR count).